The number of esters is 1. The molecule has 0 bridgehead atoms. The molecule has 1 aliphatic heterocycles. The number of piperidine rings is 1. The van der Waals surface area contributed by atoms with Crippen LogP contribution in [-0.4, -0.2) is 54.3 Å². The third-order valence-electron chi connectivity index (χ3n) is 6.54. The first-order chi connectivity index (χ1) is 16.5. The molecule has 1 saturated heterocycles. The maximum absolute atomic E-state index is 14.7. The van der Waals surface area contributed by atoms with Crippen LogP contribution >= 0.6 is 0 Å². The summed E-state index contributed by atoms with van der Waals surface area (Å²) in [6.07, 6.45) is 3.55. The molecule has 1 atom stereocenters. The molecule has 0 aliphatic carbocycles. The van der Waals surface area contributed by atoms with Gasteiger partial charge in [-0.15, -0.1) is 0 Å². The summed E-state index contributed by atoms with van der Waals surface area (Å²) < 4.78 is 19.7. The van der Waals surface area contributed by atoms with Crippen molar-refractivity contribution in [2.45, 2.75) is 59.4 Å². The lowest BCUT2D eigenvalue weighted by molar-refractivity contribution is -0.145. The zero-order valence-corrected chi connectivity index (χ0v) is 21.1. The summed E-state index contributed by atoms with van der Waals surface area (Å²) in [5.41, 5.74) is 5.05. The largest absolute Gasteiger partial charge is 0.466 e. The fraction of sp³-hybridized carbons (Fsp3) is 0.538. The third kappa shape index (κ3) is 7.13. The lowest BCUT2D eigenvalue weighted by Gasteiger charge is -2.40. The number of carbonyl (C=O) groups is 3. The number of hydrogen-bond acceptors (Lipinski definition) is 5. The van der Waals surface area contributed by atoms with E-state index in [-0.39, 0.29) is 29.2 Å². The molecule has 0 saturated carbocycles. The van der Waals surface area contributed by atoms with Crippen LogP contribution in [0.15, 0.2) is 36.0 Å². The first-order valence-electron chi connectivity index (χ1n) is 12.0. The van der Waals surface area contributed by atoms with Crippen LogP contribution in [0.1, 0.15) is 69.3 Å². The monoisotopic (exact) mass is 488 g/mol. The molecule has 0 aromatic heterocycles. The molecule has 1 heterocycles. The van der Waals surface area contributed by atoms with Gasteiger partial charge in [-0.1, -0.05) is 19.6 Å². The van der Waals surface area contributed by atoms with Crippen LogP contribution in [0.3, 0.4) is 0 Å². The van der Waals surface area contributed by atoms with Gasteiger partial charge in [0, 0.05) is 37.3 Å². The van der Waals surface area contributed by atoms with E-state index in [1.54, 1.807) is 25.7 Å². The molecule has 8 nitrogen and oxygen atoms in total. The van der Waals surface area contributed by atoms with Gasteiger partial charge in [-0.2, -0.15) is 0 Å². The van der Waals surface area contributed by atoms with E-state index in [1.807, 2.05) is 6.92 Å². The van der Waals surface area contributed by atoms with Gasteiger partial charge in [0.05, 0.1) is 17.6 Å². The number of rotatable bonds is 10. The summed E-state index contributed by atoms with van der Waals surface area (Å²) in [5, 5.41) is 2.84. The van der Waals surface area contributed by atoms with Crippen LogP contribution in [0.25, 0.3) is 0 Å². The highest BCUT2D eigenvalue weighted by atomic mass is 19.1. The molecule has 192 valence electrons. The number of ether oxygens (including phenoxy) is 1. The summed E-state index contributed by atoms with van der Waals surface area (Å²) in [6.45, 7) is 12.1. The number of nitrogens with zero attached hydrogens (tertiary/aromatic N) is 2. The number of nitrogens with two attached hydrogens (primary N) is 1. The summed E-state index contributed by atoms with van der Waals surface area (Å²) >= 11 is 0. The number of nitrogens with one attached hydrogen (secondary N) is 1. The number of aliphatic imine (C=N–C) groups is 1. The number of amides is 2. The van der Waals surface area contributed by atoms with Crippen LogP contribution < -0.4 is 11.1 Å². The third-order valence-corrected chi connectivity index (χ3v) is 6.54. The lowest BCUT2D eigenvalue weighted by Crippen LogP contribution is -2.54. The van der Waals surface area contributed by atoms with Gasteiger partial charge in [0.1, 0.15) is 11.7 Å². The average Bonchev–Trinajstić information content (AvgIpc) is 2.82. The molecule has 0 radical (unpaired) electrons. The molecule has 3 N–H and O–H groups in total. The zero-order chi connectivity index (χ0) is 26.2. The number of amidine groups is 1. The van der Waals surface area contributed by atoms with E-state index in [4.69, 9.17) is 10.5 Å². The van der Waals surface area contributed by atoms with Gasteiger partial charge in [0.15, 0.2) is 0 Å². The van der Waals surface area contributed by atoms with Crippen LogP contribution in [0, 0.1) is 17.2 Å². The predicted octanol–water partition coefficient (Wildman–Crippen LogP) is 3.40. The Bertz CT molecular complexity index is 968. The van der Waals surface area contributed by atoms with Crippen molar-refractivity contribution >= 4 is 23.6 Å². The molecule has 9 heteroatoms. The van der Waals surface area contributed by atoms with E-state index in [0.717, 1.165) is 18.9 Å². The highest BCUT2D eigenvalue weighted by Crippen LogP contribution is 2.30. The first kappa shape index (κ1) is 28.0. The molecule has 1 aromatic rings. The Balaban J connectivity index is 2.05. The summed E-state index contributed by atoms with van der Waals surface area (Å²) in [7, 11) is 0. The fourth-order valence-corrected chi connectivity index (χ4v) is 4.41. The van der Waals surface area contributed by atoms with Gasteiger partial charge >= 0.3 is 5.97 Å². The first-order valence-corrected chi connectivity index (χ1v) is 12.0. The molecule has 2 rings (SSSR count). The van der Waals surface area contributed by atoms with E-state index in [1.165, 1.54) is 18.3 Å². The Morgan fingerprint density at radius 3 is 2.51 bits per heavy atom. The highest BCUT2D eigenvalue weighted by Gasteiger charge is 2.41. The van der Waals surface area contributed by atoms with Gasteiger partial charge in [0.2, 0.25) is 5.91 Å². The molecule has 2 amide bonds. The molecule has 35 heavy (non-hydrogen) atoms. The van der Waals surface area contributed by atoms with Gasteiger partial charge < -0.3 is 20.7 Å². The van der Waals surface area contributed by atoms with Crippen molar-refractivity contribution in [3.8, 4) is 0 Å². The van der Waals surface area contributed by atoms with Crippen LogP contribution in [-0.2, 0) is 14.3 Å². The predicted molar refractivity (Wildman–Crippen MR) is 133 cm³/mol. The Hall–Kier alpha value is -3.23. The molecule has 0 spiro atoms. The number of benzene rings is 1. The highest BCUT2D eigenvalue weighted by molar-refractivity contribution is 6.00. The second-order valence-electron chi connectivity index (χ2n) is 9.29. The second kappa shape index (κ2) is 12.5. The summed E-state index contributed by atoms with van der Waals surface area (Å²) in [5.74, 6) is -1.33. The van der Waals surface area contributed by atoms with Crippen molar-refractivity contribution in [1.29, 1.82) is 0 Å². The maximum Gasteiger partial charge on any atom is 0.306 e. The van der Waals surface area contributed by atoms with Crippen molar-refractivity contribution in [3.05, 3.63) is 47.9 Å². The fourth-order valence-electron chi connectivity index (χ4n) is 4.41. The van der Waals surface area contributed by atoms with E-state index in [9.17, 15) is 18.8 Å². The number of halogens is 1. The van der Waals surface area contributed by atoms with Crippen molar-refractivity contribution in [2.75, 3.05) is 19.7 Å². The summed E-state index contributed by atoms with van der Waals surface area (Å²) in [6, 6.07) is 3.50. The second-order valence-corrected chi connectivity index (χ2v) is 9.29. The van der Waals surface area contributed by atoms with Gasteiger partial charge in [-0.25, -0.2) is 9.38 Å². The van der Waals surface area contributed by atoms with Gasteiger partial charge in [0.25, 0.3) is 5.91 Å². The smallest absolute Gasteiger partial charge is 0.306 e. The Kier molecular flexibility index (Phi) is 9.98. The topological polar surface area (TPSA) is 114 Å². The van der Waals surface area contributed by atoms with Crippen molar-refractivity contribution in [2.24, 2.45) is 22.1 Å². The normalized spacial score (nSPS) is 15.9. The minimum absolute atomic E-state index is 0.0801. The van der Waals surface area contributed by atoms with Gasteiger partial charge in [-0.3, -0.25) is 14.4 Å². The lowest BCUT2D eigenvalue weighted by atomic mass is 9.80. The van der Waals surface area contributed by atoms with Crippen LogP contribution in [0.5, 0.6) is 0 Å². The molecular weight excluding hydrogens is 451 g/mol. The quantitative estimate of drug-likeness (QED) is 0.298. The van der Waals surface area contributed by atoms with Crippen molar-refractivity contribution in [3.63, 3.8) is 0 Å². The Labute approximate surface area is 206 Å². The SMILES string of the molecule is C=CN=C(N)c1ccc(C(=O)NC(CC)C(C)(C)C(=O)N2CCC(CC(=O)OCC)CC2)c(F)c1. The summed E-state index contributed by atoms with van der Waals surface area (Å²) in [4.78, 5) is 43.6. The molecular formula is C26H37FN4O4. The minimum Gasteiger partial charge on any atom is -0.466 e. The van der Waals surface area contributed by atoms with Crippen LogP contribution in [0.4, 0.5) is 4.39 Å². The van der Waals surface area contributed by atoms with Crippen LogP contribution in [0.2, 0.25) is 0 Å². The van der Waals surface area contributed by atoms with Gasteiger partial charge in [-0.05, 0) is 58.1 Å². The molecule has 1 aliphatic rings. The van der Waals surface area contributed by atoms with Crippen molar-refractivity contribution < 1.29 is 23.5 Å². The van der Waals surface area contributed by atoms with E-state index in [0.29, 0.717) is 38.1 Å². The standard InChI is InChI=1S/C26H37FN4O4/c1-6-21(30-24(33)19-10-9-18(16-20(19)27)23(28)29-7-2)26(4,5)25(34)31-13-11-17(12-14-31)15-22(32)35-8-3/h7,9-10,16-17,21H,2,6,8,11-15H2,1,3-5H3,(H2,28,29)(H,30,33). The average molecular weight is 489 g/mol. The van der Waals surface area contributed by atoms with E-state index in [2.05, 4.69) is 16.9 Å². The molecule has 1 unspecified atom stereocenters. The number of carbonyl (C=O) groups excluding carboxylic acids is 3. The van der Waals surface area contributed by atoms with E-state index >= 15 is 0 Å². The van der Waals surface area contributed by atoms with Crippen molar-refractivity contribution in [1.82, 2.24) is 10.2 Å². The zero-order valence-electron chi connectivity index (χ0n) is 21.1. The number of likely N-dealkylation sites (tertiary alicyclic amines) is 1. The van der Waals surface area contributed by atoms with E-state index < -0.39 is 23.2 Å². The number of hydrogen-bond donors (Lipinski definition) is 2. The molecule has 1 aromatic carbocycles. The molecule has 1 fully saturated rings. The minimum atomic E-state index is -0.907. The maximum atomic E-state index is 14.7. The Morgan fingerprint density at radius 1 is 1.31 bits per heavy atom. The Morgan fingerprint density at radius 2 is 1.97 bits per heavy atom.